The topological polar surface area (TPSA) is 12.0 Å². The molecule has 0 amide bonds. The average Bonchev–Trinajstić information content (AvgIpc) is 2.81. The zero-order chi connectivity index (χ0) is 13.0. The van der Waals surface area contributed by atoms with Crippen molar-refractivity contribution in [2.24, 2.45) is 0 Å². The van der Waals surface area contributed by atoms with Gasteiger partial charge in [-0.05, 0) is 32.0 Å². The van der Waals surface area contributed by atoms with Crippen LogP contribution in [0.5, 0.6) is 0 Å². The number of likely N-dealkylation sites (N-methyl/N-ethyl adjacent to an activating group) is 1. The second kappa shape index (κ2) is 7.44. The van der Waals surface area contributed by atoms with Crippen LogP contribution in [0.4, 0.5) is 0 Å². The third kappa shape index (κ3) is 3.83. The Kier molecular flexibility index (Phi) is 6.22. The molecule has 2 rings (SSSR count). The molecule has 0 aromatic carbocycles. The summed E-state index contributed by atoms with van der Waals surface area (Å²) >= 11 is 12.0. The molecule has 0 saturated carbocycles. The van der Waals surface area contributed by atoms with Gasteiger partial charge >= 0.3 is 0 Å². The minimum absolute atomic E-state index is 0.558. The first-order chi connectivity index (χ1) is 8.74. The minimum atomic E-state index is 0.558. The van der Waals surface area contributed by atoms with Crippen LogP contribution < -0.4 is 5.32 Å². The van der Waals surface area contributed by atoms with E-state index in [1.807, 2.05) is 6.07 Å². The van der Waals surface area contributed by atoms with Gasteiger partial charge in [-0.25, -0.2) is 0 Å². The van der Waals surface area contributed by atoms with E-state index in [4.69, 9.17) is 11.6 Å². The smallest absolute Gasteiger partial charge is 0.0931 e. The maximum Gasteiger partial charge on any atom is 0.0931 e. The fraction of sp³-hybridized carbons (Fsp3) is 0.692. The van der Waals surface area contributed by atoms with Gasteiger partial charge in [0.05, 0.1) is 4.34 Å². The van der Waals surface area contributed by atoms with Crippen LogP contribution in [0.1, 0.15) is 18.2 Å². The highest BCUT2D eigenvalue weighted by Crippen LogP contribution is 2.36. The van der Waals surface area contributed by atoms with Crippen LogP contribution in [0.3, 0.4) is 0 Å². The highest BCUT2D eigenvalue weighted by atomic mass is 35.5. The van der Waals surface area contributed by atoms with Crippen molar-refractivity contribution in [3.63, 3.8) is 0 Å². The molecule has 0 bridgehead atoms. The second-order valence-corrected chi connectivity index (χ2v) is 8.89. The van der Waals surface area contributed by atoms with Crippen molar-refractivity contribution in [1.82, 2.24) is 5.32 Å². The van der Waals surface area contributed by atoms with E-state index >= 15 is 0 Å². The van der Waals surface area contributed by atoms with Gasteiger partial charge in [-0.2, -0.15) is 23.5 Å². The van der Waals surface area contributed by atoms with Crippen molar-refractivity contribution in [2.75, 3.05) is 18.6 Å². The summed E-state index contributed by atoms with van der Waals surface area (Å²) in [5.74, 6) is 2.59. The number of thiophene rings is 1. The lowest BCUT2D eigenvalue weighted by Gasteiger charge is -2.35. The Bertz CT molecular complexity index is 369. The van der Waals surface area contributed by atoms with E-state index < -0.39 is 0 Å². The predicted molar refractivity (Wildman–Crippen MR) is 88.7 cm³/mol. The molecule has 3 unspecified atom stereocenters. The van der Waals surface area contributed by atoms with Gasteiger partial charge < -0.3 is 5.32 Å². The molecule has 0 spiro atoms. The van der Waals surface area contributed by atoms with Gasteiger partial charge in [0.1, 0.15) is 0 Å². The summed E-state index contributed by atoms with van der Waals surface area (Å²) in [6.45, 7) is 2.31. The maximum absolute atomic E-state index is 6.02. The summed E-state index contributed by atoms with van der Waals surface area (Å²) in [6, 6.07) is 4.73. The van der Waals surface area contributed by atoms with E-state index in [-0.39, 0.29) is 0 Å². The van der Waals surface area contributed by atoms with Crippen LogP contribution in [-0.4, -0.2) is 35.1 Å². The molecular formula is C13H20ClNS3. The average molecular weight is 322 g/mol. The lowest BCUT2D eigenvalue weighted by atomic mass is 10.0. The molecule has 0 radical (unpaired) electrons. The number of hydrogen-bond donors (Lipinski definition) is 1. The zero-order valence-electron chi connectivity index (χ0n) is 10.8. The maximum atomic E-state index is 6.02. The van der Waals surface area contributed by atoms with Crippen molar-refractivity contribution in [3.8, 4) is 0 Å². The van der Waals surface area contributed by atoms with Crippen molar-refractivity contribution in [2.45, 2.75) is 36.3 Å². The summed E-state index contributed by atoms with van der Waals surface area (Å²) in [5.41, 5.74) is 0. The van der Waals surface area contributed by atoms with Crippen molar-refractivity contribution in [1.29, 1.82) is 0 Å². The molecule has 1 aliphatic heterocycles. The fourth-order valence-corrected chi connectivity index (χ4v) is 6.82. The molecule has 1 fully saturated rings. The first kappa shape index (κ1) is 15.0. The van der Waals surface area contributed by atoms with E-state index in [2.05, 4.69) is 48.9 Å². The van der Waals surface area contributed by atoms with Crippen LogP contribution in [0.25, 0.3) is 0 Å². The Morgan fingerprint density at radius 2 is 2.17 bits per heavy atom. The third-order valence-electron chi connectivity index (χ3n) is 3.31. The molecular weight excluding hydrogens is 302 g/mol. The predicted octanol–water partition coefficient (Wildman–Crippen LogP) is 4.16. The lowest BCUT2D eigenvalue weighted by Crippen LogP contribution is -2.44. The van der Waals surface area contributed by atoms with E-state index in [1.54, 1.807) is 11.3 Å². The summed E-state index contributed by atoms with van der Waals surface area (Å²) < 4.78 is 0.901. The van der Waals surface area contributed by atoms with Gasteiger partial charge in [0.2, 0.25) is 0 Å². The first-order valence-electron chi connectivity index (χ1n) is 6.39. The molecule has 0 aliphatic carbocycles. The number of hydrogen-bond acceptors (Lipinski definition) is 4. The molecule has 1 saturated heterocycles. The van der Waals surface area contributed by atoms with E-state index in [0.717, 1.165) is 21.3 Å². The second-order valence-electron chi connectivity index (χ2n) is 4.46. The number of rotatable bonds is 5. The van der Waals surface area contributed by atoms with Crippen LogP contribution in [-0.2, 0) is 6.42 Å². The molecule has 1 nitrogen and oxygen atoms in total. The summed E-state index contributed by atoms with van der Waals surface area (Å²) in [5, 5.41) is 5.03. The van der Waals surface area contributed by atoms with Gasteiger partial charge in [0, 0.05) is 32.9 Å². The van der Waals surface area contributed by atoms with Gasteiger partial charge in [-0.15, -0.1) is 11.3 Å². The van der Waals surface area contributed by atoms with Crippen molar-refractivity contribution < 1.29 is 0 Å². The van der Waals surface area contributed by atoms with Crippen LogP contribution >= 0.6 is 46.5 Å². The van der Waals surface area contributed by atoms with E-state index in [1.165, 1.54) is 22.8 Å². The Hall–Kier alpha value is 0.650. The Balaban J connectivity index is 2.02. The molecule has 2 heterocycles. The van der Waals surface area contributed by atoms with Crippen molar-refractivity contribution >= 4 is 46.5 Å². The Morgan fingerprint density at radius 1 is 1.39 bits per heavy atom. The standard InChI is InChI=1S/C13H20ClNS3/c1-3-11-13(17-7-6-16-11)10(15-2)8-9-4-5-12(14)18-9/h4-5,10-11,13,15H,3,6-8H2,1-2H3. The van der Waals surface area contributed by atoms with Crippen LogP contribution in [0.15, 0.2) is 12.1 Å². The highest BCUT2D eigenvalue weighted by Gasteiger charge is 2.31. The van der Waals surface area contributed by atoms with Gasteiger partial charge in [-0.3, -0.25) is 0 Å². The quantitative estimate of drug-likeness (QED) is 0.874. The first-order valence-corrected chi connectivity index (χ1v) is 9.68. The Morgan fingerprint density at radius 3 is 2.78 bits per heavy atom. The largest absolute Gasteiger partial charge is 0.315 e. The van der Waals surface area contributed by atoms with Crippen molar-refractivity contribution in [3.05, 3.63) is 21.3 Å². The highest BCUT2D eigenvalue weighted by molar-refractivity contribution is 8.07. The fourth-order valence-electron chi connectivity index (χ4n) is 2.37. The monoisotopic (exact) mass is 321 g/mol. The molecule has 3 atom stereocenters. The van der Waals surface area contributed by atoms with E-state index in [0.29, 0.717) is 6.04 Å². The van der Waals surface area contributed by atoms with Gasteiger partial charge in [0.25, 0.3) is 0 Å². The van der Waals surface area contributed by atoms with Crippen LogP contribution in [0.2, 0.25) is 4.34 Å². The van der Waals surface area contributed by atoms with E-state index in [9.17, 15) is 0 Å². The van der Waals surface area contributed by atoms with Crippen LogP contribution in [0, 0.1) is 0 Å². The number of thioether (sulfide) groups is 2. The molecule has 1 aliphatic rings. The van der Waals surface area contributed by atoms with Gasteiger partial charge in [0.15, 0.2) is 0 Å². The SMILES string of the molecule is CCC1SCCSC1C(Cc1ccc(Cl)s1)NC. The molecule has 1 aromatic heterocycles. The normalized spacial score (nSPS) is 26.2. The minimum Gasteiger partial charge on any atom is -0.315 e. The molecule has 1 aromatic rings. The molecule has 102 valence electrons. The summed E-state index contributed by atoms with van der Waals surface area (Å²) in [4.78, 5) is 1.39. The summed E-state index contributed by atoms with van der Waals surface area (Å²) in [7, 11) is 2.09. The lowest BCUT2D eigenvalue weighted by molar-refractivity contribution is 0.520. The summed E-state index contributed by atoms with van der Waals surface area (Å²) in [6.07, 6.45) is 2.37. The zero-order valence-corrected chi connectivity index (χ0v) is 14.0. The number of halogens is 1. The third-order valence-corrected chi connectivity index (χ3v) is 7.97. The molecule has 18 heavy (non-hydrogen) atoms. The van der Waals surface area contributed by atoms with Gasteiger partial charge in [-0.1, -0.05) is 18.5 Å². The molecule has 1 N–H and O–H groups in total. The Labute approximate surface area is 127 Å². The molecule has 5 heteroatoms. The number of nitrogens with one attached hydrogen (secondary N) is 1.